The minimum absolute atomic E-state index is 0.128. The Balaban J connectivity index is 1.98. The van der Waals surface area contributed by atoms with Crippen molar-refractivity contribution in [3.8, 4) is 0 Å². The quantitative estimate of drug-likeness (QED) is 0.798. The van der Waals surface area contributed by atoms with E-state index in [-0.39, 0.29) is 12.2 Å². The molecule has 0 unspecified atom stereocenters. The van der Waals surface area contributed by atoms with Gasteiger partial charge in [0, 0.05) is 25.3 Å². The maximum atomic E-state index is 9.74. The summed E-state index contributed by atoms with van der Waals surface area (Å²) in [5, 5.41) is 19.5. The van der Waals surface area contributed by atoms with Gasteiger partial charge in [0.15, 0.2) is 6.29 Å². The van der Waals surface area contributed by atoms with Crippen molar-refractivity contribution in [1.82, 2.24) is 4.98 Å². The van der Waals surface area contributed by atoms with E-state index in [2.05, 4.69) is 4.90 Å². The predicted octanol–water partition coefficient (Wildman–Crippen LogP) is 1.14. The normalized spacial score (nSPS) is 26.0. The summed E-state index contributed by atoms with van der Waals surface area (Å²) in [5.41, 5.74) is 2.30. The smallest absolute Gasteiger partial charge is 0.178 e. The summed E-state index contributed by atoms with van der Waals surface area (Å²) in [5.74, 6) is 0.773. The molecule has 0 amide bonds. The summed E-state index contributed by atoms with van der Waals surface area (Å²) < 4.78 is 11.3. The highest BCUT2D eigenvalue weighted by Gasteiger charge is 2.26. The van der Waals surface area contributed by atoms with Gasteiger partial charge < -0.3 is 24.6 Å². The van der Waals surface area contributed by atoms with Crippen LogP contribution in [0.4, 0.5) is 5.82 Å². The Bertz CT molecular complexity index is 525. The van der Waals surface area contributed by atoms with Crippen molar-refractivity contribution in [2.75, 3.05) is 24.6 Å². The summed E-state index contributed by atoms with van der Waals surface area (Å²) in [6.07, 6.45) is 0.418. The molecule has 22 heavy (non-hydrogen) atoms. The zero-order chi connectivity index (χ0) is 15.7. The minimum Gasteiger partial charge on any atom is -0.375 e. The molecule has 6 heteroatoms. The average Bonchev–Trinajstić information content (AvgIpc) is 2.70. The number of aliphatic hydroxyl groups is 2. The van der Waals surface area contributed by atoms with Gasteiger partial charge in [-0.15, -0.1) is 0 Å². The van der Waals surface area contributed by atoms with E-state index < -0.39 is 6.29 Å². The third kappa shape index (κ3) is 3.25. The van der Waals surface area contributed by atoms with E-state index in [1.807, 2.05) is 13.8 Å². The molecule has 3 rings (SSSR count). The highest BCUT2D eigenvalue weighted by molar-refractivity contribution is 5.48. The number of hydrogen-bond donors (Lipinski definition) is 2. The van der Waals surface area contributed by atoms with Crippen LogP contribution in [0, 0.1) is 0 Å². The summed E-state index contributed by atoms with van der Waals surface area (Å²) in [6.45, 7) is 6.68. The molecule has 1 saturated heterocycles. The third-order valence-electron chi connectivity index (χ3n) is 4.21. The van der Waals surface area contributed by atoms with Crippen molar-refractivity contribution >= 4 is 5.82 Å². The molecule has 2 aliphatic heterocycles. The van der Waals surface area contributed by atoms with Crippen molar-refractivity contribution in [3.63, 3.8) is 0 Å². The van der Waals surface area contributed by atoms with Gasteiger partial charge in [0.1, 0.15) is 5.82 Å². The van der Waals surface area contributed by atoms with E-state index in [0.29, 0.717) is 18.8 Å². The van der Waals surface area contributed by atoms with Gasteiger partial charge in [-0.3, -0.25) is 0 Å². The molecule has 0 radical (unpaired) electrons. The van der Waals surface area contributed by atoms with Crippen LogP contribution in [-0.4, -0.2) is 47.1 Å². The number of ether oxygens (including phenoxy) is 2. The first-order valence-corrected chi connectivity index (χ1v) is 7.91. The molecule has 1 aromatic heterocycles. The van der Waals surface area contributed by atoms with Crippen LogP contribution in [0.3, 0.4) is 0 Å². The fourth-order valence-corrected chi connectivity index (χ4v) is 3.32. The Morgan fingerprint density at radius 3 is 2.68 bits per heavy atom. The lowest BCUT2D eigenvalue weighted by Gasteiger charge is -2.36. The van der Waals surface area contributed by atoms with E-state index >= 15 is 0 Å². The molecule has 1 fully saturated rings. The lowest BCUT2D eigenvalue weighted by molar-refractivity contribution is -0.0432. The van der Waals surface area contributed by atoms with Crippen LogP contribution in [0.2, 0.25) is 0 Å². The second-order valence-electron chi connectivity index (χ2n) is 6.19. The number of aromatic nitrogens is 1. The molecule has 0 aromatic carbocycles. The summed E-state index contributed by atoms with van der Waals surface area (Å²) in [6, 6.07) is 1.81. The van der Waals surface area contributed by atoms with Gasteiger partial charge in [-0.2, -0.15) is 0 Å². The molecule has 1 aromatic rings. The molecule has 0 aliphatic carbocycles. The second kappa shape index (κ2) is 6.50. The lowest BCUT2D eigenvalue weighted by Crippen LogP contribution is -2.46. The first kappa shape index (κ1) is 15.7. The number of rotatable bonds is 2. The van der Waals surface area contributed by atoms with Crippen LogP contribution in [0.15, 0.2) is 6.07 Å². The third-order valence-corrected chi connectivity index (χ3v) is 4.21. The zero-order valence-electron chi connectivity index (χ0n) is 13.2. The lowest BCUT2D eigenvalue weighted by atomic mass is 10.0. The number of pyridine rings is 1. The van der Waals surface area contributed by atoms with E-state index in [9.17, 15) is 10.2 Å². The maximum Gasteiger partial charge on any atom is 0.178 e. The topological polar surface area (TPSA) is 75.1 Å². The van der Waals surface area contributed by atoms with E-state index in [0.717, 1.165) is 43.0 Å². The Morgan fingerprint density at radius 2 is 2.00 bits per heavy atom. The van der Waals surface area contributed by atoms with E-state index in [4.69, 9.17) is 14.5 Å². The molecule has 6 nitrogen and oxygen atoms in total. The Kier molecular flexibility index (Phi) is 4.63. The summed E-state index contributed by atoms with van der Waals surface area (Å²) >= 11 is 0. The van der Waals surface area contributed by atoms with Gasteiger partial charge in [0.25, 0.3) is 0 Å². The van der Waals surface area contributed by atoms with Crippen LogP contribution in [0.1, 0.15) is 43.4 Å². The van der Waals surface area contributed by atoms with Gasteiger partial charge >= 0.3 is 0 Å². The van der Waals surface area contributed by atoms with Gasteiger partial charge in [0.2, 0.25) is 0 Å². The predicted molar refractivity (Wildman–Crippen MR) is 81.6 cm³/mol. The van der Waals surface area contributed by atoms with Gasteiger partial charge in [-0.05, 0) is 38.3 Å². The second-order valence-corrected chi connectivity index (χ2v) is 6.19. The Morgan fingerprint density at radius 1 is 1.27 bits per heavy atom. The van der Waals surface area contributed by atoms with Crippen LogP contribution in [-0.2, 0) is 22.5 Å². The van der Waals surface area contributed by atoms with Crippen LogP contribution >= 0.6 is 0 Å². The summed E-state index contributed by atoms with van der Waals surface area (Å²) in [7, 11) is 0. The number of nitrogens with zero attached hydrogens (tertiary/aromatic N) is 2. The molecular weight excluding hydrogens is 284 g/mol. The minimum atomic E-state index is -1.48. The number of anilines is 1. The van der Waals surface area contributed by atoms with Crippen molar-refractivity contribution in [2.45, 2.75) is 51.8 Å². The SMILES string of the molecule is C[C@@H]1CN(c2cc(C(O)O)c3c(n2)COCCC3)C[C@H](C)O1. The van der Waals surface area contributed by atoms with E-state index in [1.54, 1.807) is 6.07 Å². The fourth-order valence-electron chi connectivity index (χ4n) is 3.32. The number of fused-ring (bicyclic) bond motifs is 1. The monoisotopic (exact) mass is 308 g/mol. The van der Waals surface area contributed by atoms with Crippen molar-refractivity contribution in [2.24, 2.45) is 0 Å². The molecule has 3 heterocycles. The Hall–Kier alpha value is -1.21. The number of aliphatic hydroxyl groups excluding tert-OH is 1. The highest BCUT2D eigenvalue weighted by atomic mass is 16.5. The van der Waals surface area contributed by atoms with Crippen LogP contribution in [0.5, 0.6) is 0 Å². The first-order chi connectivity index (χ1) is 10.5. The van der Waals surface area contributed by atoms with Gasteiger partial charge in [-0.1, -0.05) is 0 Å². The number of morpholine rings is 1. The highest BCUT2D eigenvalue weighted by Crippen LogP contribution is 2.29. The largest absolute Gasteiger partial charge is 0.375 e. The van der Waals surface area contributed by atoms with Crippen LogP contribution < -0.4 is 4.90 Å². The van der Waals surface area contributed by atoms with Gasteiger partial charge in [0.05, 0.1) is 24.5 Å². The molecule has 2 aliphatic rings. The van der Waals surface area contributed by atoms with Gasteiger partial charge in [-0.25, -0.2) is 4.98 Å². The van der Waals surface area contributed by atoms with Crippen molar-refractivity contribution < 1.29 is 19.7 Å². The van der Waals surface area contributed by atoms with Crippen LogP contribution in [0.25, 0.3) is 0 Å². The Labute approximate surface area is 130 Å². The zero-order valence-corrected chi connectivity index (χ0v) is 13.2. The fraction of sp³-hybridized carbons (Fsp3) is 0.688. The molecule has 0 bridgehead atoms. The standard InChI is InChI=1S/C16H24N2O4/c1-10-7-18(8-11(2)22-10)15-6-13(16(19)20)12-4-3-5-21-9-14(12)17-15/h6,10-11,16,19-20H,3-5,7-9H2,1-2H3/t10-,11+. The van der Waals surface area contributed by atoms with Crippen molar-refractivity contribution in [3.05, 3.63) is 22.9 Å². The molecule has 122 valence electrons. The molecule has 0 saturated carbocycles. The number of hydrogen-bond acceptors (Lipinski definition) is 6. The van der Waals surface area contributed by atoms with E-state index in [1.165, 1.54) is 0 Å². The molecular formula is C16H24N2O4. The maximum absolute atomic E-state index is 9.74. The molecule has 2 N–H and O–H groups in total. The molecule has 0 spiro atoms. The van der Waals surface area contributed by atoms with Crippen molar-refractivity contribution in [1.29, 1.82) is 0 Å². The summed E-state index contributed by atoms with van der Waals surface area (Å²) in [4.78, 5) is 6.88. The average molecular weight is 308 g/mol. The molecule has 2 atom stereocenters. The first-order valence-electron chi connectivity index (χ1n) is 7.91.